The van der Waals surface area contributed by atoms with Crippen LogP contribution >= 0.6 is 11.6 Å². The van der Waals surface area contributed by atoms with E-state index in [-0.39, 0.29) is 11.7 Å². The summed E-state index contributed by atoms with van der Waals surface area (Å²) in [6.07, 6.45) is 1.56. The minimum Gasteiger partial charge on any atom is -0.297 e. The molecule has 72 valence electrons. The van der Waals surface area contributed by atoms with Crippen LogP contribution in [0.1, 0.15) is 19.5 Å². The van der Waals surface area contributed by atoms with Gasteiger partial charge in [0.25, 0.3) is 0 Å². The smallest absolute Gasteiger partial charge is 0.156 e. The van der Waals surface area contributed by atoms with Crippen LogP contribution in [0, 0.1) is 12.8 Å². The molecule has 0 aromatic carbocycles. The van der Waals surface area contributed by atoms with E-state index in [1.807, 2.05) is 20.8 Å². The first-order valence-corrected chi connectivity index (χ1v) is 4.60. The lowest BCUT2D eigenvalue weighted by Crippen LogP contribution is -2.17. The molecule has 0 aliphatic carbocycles. The maximum atomic E-state index is 11.4. The zero-order valence-electron chi connectivity index (χ0n) is 8.04. The Morgan fingerprint density at radius 3 is 2.69 bits per heavy atom. The summed E-state index contributed by atoms with van der Waals surface area (Å²) in [7, 11) is 0. The largest absolute Gasteiger partial charge is 0.297 e. The highest BCUT2D eigenvalue weighted by Gasteiger charge is 2.11. The number of hydrogen-bond donors (Lipinski definition) is 0. The van der Waals surface area contributed by atoms with Gasteiger partial charge in [-0.15, -0.1) is 0 Å². The zero-order valence-corrected chi connectivity index (χ0v) is 8.80. The van der Waals surface area contributed by atoms with Gasteiger partial charge >= 0.3 is 0 Å². The zero-order chi connectivity index (χ0) is 10.0. The second-order valence-corrected chi connectivity index (χ2v) is 3.76. The molecule has 4 heteroatoms. The van der Waals surface area contributed by atoms with E-state index in [1.54, 1.807) is 10.9 Å². The molecule has 1 aromatic rings. The minimum absolute atomic E-state index is 0.0439. The maximum Gasteiger partial charge on any atom is 0.156 e. The number of carbonyl (C=O) groups is 1. The Labute approximate surface area is 82.7 Å². The summed E-state index contributed by atoms with van der Waals surface area (Å²) in [6.45, 7) is 5.92. The van der Waals surface area contributed by atoms with E-state index in [0.717, 1.165) is 5.69 Å². The molecule has 0 saturated heterocycles. The first-order chi connectivity index (χ1) is 6.02. The van der Waals surface area contributed by atoms with E-state index in [0.29, 0.717) is 11.6 Å². The fourth-order valence-corrected chi connectivity index (χ4v) is 1.05. The van der Waals surface area contributed by atoms with E-state index in [9.17, 15) is 4.79 Å². The van der Waals surface area contributed by atoms with E-state index >= 15 is 0 Å². The van der Waals surface area contributed by atoms with Crippen LogP contribution < -0.4 is 0 Å². The van der Waals surface area contributed by atoms with Gasteiger partial charge in [-0.05, 0) is 6.92 Å². The summed E-state index contributed by atoms with van der Waals surface area (Å²) in [6, 6.07) is 0. The van der Waals surface area contributed by atoms with E-state index in [1.165, 1.54) is 0 Å². The van der Waals surface area contributed by atoms with Crippen molar-refractivity contribution in [1.29, 1.82) is 0 Å². The van der Waals surface area contributed by atoms with Crippen LogP contribution in [0.3, 0.4) is 0 Å². The van der Waals surface area contributed by atoms with Gasteiger partial charge in [0.15, 0.2) is 5.78 Å². The van der Waals surface area contributed by atoms with Crippen LogP contribution in [-0.2, 0) is 11.3 Å². The van der Waals surface area contributed by atoms with E-state index in [2.05, 4.69) is 5.10 Å². The molecule has 0 amide bonds. The monoisotopic (exact) mass is 200 g/mol. The highest BCUT2D eigenvalue weighted by molar-refractivity contribution is 6.31. The van der Waals surface area contributed by atoms with Crippen LogP contribution in [-0.4, -0.2) is 15.6 Å². The Hall–Kier alpha value is -0.830. The summed E-state index contributed by atoms with van der Waals surface area (Å²) in [4.78, 5) is 11.4. The highest BCUT2D eigenvalue weighted by Crippen LogP contribution is 2.13. The molecule has 0 saturated carbocycles. The summed E-state index contributed by atoms with van der Waals surface area (Å²) in [5.41, 5.74) is 0.843. The lowest BCUT2D eigenvalue weighted by atomic mass is 10.1. The number of rotatable bonds is 3. The number of Topliss-reactive ketones (excluding diaryl/α,β-unsaturated/α-hetero) is 1. The molecule has 0 aliphatic rings. The lowest BCUT2D eigenvalue weighted by molar-refractivity contribution is -0.122. The average Bonchev–Trinajstić information content (AvgIpc) is 2.36. The van der Waals surface area contributed by atoms with Crippen molar-refractivity contribution in [2.24, 2.45) is 5.92 Å². The van der Waals surface area contributed by atoms with Gasteiger partial charge < -0.3 is 0 Å². The van der Waals surface area contributed by atoms with Crippen molar-refractivity contribution in [2.75, 3.05) is 0 Å². The van der Waals surface area contributed by atoms with Crippen molar-refractivity contribution in [3.05, 3.63) is 16.9 Å². The van der Waals surface area contributed by atoms with Gasteiger partial charge in [0.2, 0.25) is 0 Å². The molecule has 1 heterocycles. The first-order valence-electron chi connectivity index (χ1n) is 4.23. The van der Waals surface area contributed by atoms with Crippen LogP contribution in [0.2, 0.25) is 5.02 Å². The first kappa shape index (κ1) is 10.3. The Morgan fingerprint density at radius 1 is 1.69 bits per heavy atom. The second-order valence-electron chi connectivity index (χ2n) is 3.36. The van der Waals surface area contributed by atoms with Crippen LogP contribution in [0.4, 0.5) is 0 Å². The summed E-state index contributed by atoms with van der Waals surface area (Å²) < 4.78 is 1.63. The summed E-state index contributed by atoms with van der Waals surface area (Å²) in [5.74, 6) is 0.213. The average molecular weight is 201 g/mol. The molecule has 0 bridgehead atoms. The molecule has 3 nitrogen and oxygen atoms in total. The molecule has 0 atom stereocenters. The molecule has 1 aromatic heterocycles. The standard InChI is InChI=1S/C9H13ClN2O/c1-6(2)9(13)5-12-7(3)8(10)4-11-12/h4,6H,5H2,1-3H3. The third kappa shape index (κ3) is 2.31. The predicted octanol–water partition coefficient (Wildman–Crippen LogP) is 2.07. The number of ketones is 1. The quantitative estimate of drug-likeness (QED) is 0.749. The fourth-order valence-electron chi connectivity index (χ4n) is 0.913. The number of nitrogens with zero attached hydrogens (tertiary/aromatic N) is 2. The number of carbonyl (C=O) groups excluding carboxylic acids is 1. The topological polar surface area (TPSA) is 34.9 Å². The fraction of sp³-hybridized carbons (Fsp3) is 0.556. The molecule has 0 aliphatic heterocycles. The van der Waals surface area contributed by atoms with Gasteiger partial charge in [-0.25, -0.2) is 0 Å². The van der Waals surface area contributed by atoms with Gasteiger partial charge in [-0.2, -0.15) is 5.10 Å². The molecular formula is C9H13ClN2O. The Balaban J connectivity index is 2.75. The van der Waals surface area contributed by atoms with E-state index < -0.39 is 0 Å². The number of hydrogen-bond acceptors (Lipinski definition) is 2. The molecular weight excluding hydrogens is 188 g/mol. The van der Waals surface area contributed by atoms with Crippen LogP contribution in [0.5, 0.6) is 0 Å². The number of aromatic nitrogens is 2. The van der Waals surface area contributed by atoms with Crippen LogP contribution in [0.25, 0.3) is 0 Å². The van der Waals surface area contributed by atoms with Crippen molar-refractivity contribution in [1.82, 2.24) is 9.78 Å². The normalized spacial score (nSPS) is 10.8. The van der Waals surface area contributed by atoms with Crippen molar-refractivity contribution in [3.63, 3.8) is 0 Å². The SMILES string of the molecule is Cc1c(Cl)cnn1CC(=O)C(C)C. The second kappa shape index (κ2) is 3.92. The molecule has 0 spiro atoms. The highest BCUT2D eigenvalue weighted by atomic mass is 35.5. The Bertz CT molecular complexity index is 317. The molecule has 0 unspecified atom stereocenters. The van der Waals surface area contributed by atoms with E-state index in [4.69, 9.17) is 11.6 Å². The third-order valence-corrected chi connectivity index (χ3v) is 2.36. The number of halogens is 1. The van der Waals surface area contributed by atoms with Crippen molar-refractivity contribution < 1.29 is 4.79 Å². The summed E-state index contributed by atoms with van der Waals surface area (Å²) >= 11 is 5.80. The lowest BCUT2D eigenvalue weighted by Gasteiger charge is -2.05. The van der Waals surface area contributed by atoms with Gasteiger partial charge in [0.1, 0.15) is 6.54 Å². The Kier molecular flexibility index (Phi) is 3.09. The van der Waals surface area contributed by atoms with Crippen molar-refractivity contribution in [2.45, 2.75) is 27.3 Å². The maximum absolute atomic E-state index is 11.4. The van der Waals surface area contributed by atoms with Gasteiger partial charge in [0.05, 0.1) is 16.9 Å². The summed E-state index contributed by atoms with van der Waals surface area (Å²) in [5, 5.41) is 4.61. The molecule has 0 radical (unpaired) electrons. The van der Waals surface area contributed by atoms with Crippen molar-refractivity contribution in [3.8, 4) is 0 Å². The Morgan fingerprint density at radius 2 is 2.31 bits per heavy atom. The van der Waals surface area contributed by atoms with Gasteiger partial charge in [-0.3, -0.25) is 9.48 Å². The molecule has 1 rings (SSSR count). The third-order valence-electron chi connectivity index (χ3n) is 1.99. The van der Waals surface area contributed by atoms with Gasteiger partial charge in [-0.1, -0.05) is 25.4 Å². The minimum atomic E-state index is 0.0439. The van der Waals surface area contributed by atoms with Crippen LogP contribution in [0.15, 0.2) is 6.20 Å². The van der Waals surface area contributed by atoms with Crippen molar-refractivity contribution >= 4 is 17.4 Å². The molecule has 0 N–H and O–H groups in total. The van der Waals surface area contributed by atoms with Gasteiger partial charge in [0, 0.05) is 5.92 Å². The molecule has 0 fully saturated rings. The molecule has 13 heavy (non-hydrogen) atoms. The predicted molar refractivity (Wildman–Crippen MR) is 51.8 cm³/mol.